The van der Waals surface area contributed by atoms with E-state index in [4.69, 9.17) is 10.5 Å². The lowest BCUT2D eigenvalue weighted by molar-refractivity contribution is 0.301. The van der Waals surface area contributed by atoms with E-state index in [-0.39, 0.29) is 0 Å². The molecule has 2 unspecified atom stereocenters. The van der Waals surface area contributed by atoms with Crippen LogP contribution in [0.2, 0.25) is 0 Å². The lowest BCUT2D eigenvalue weighted by Gasteiger charge is -2.38. The zero-order valence-electron chi connectivity index (χ0n) is 12.6. The Morgan fingerprint density at radius 1 is 1.45 bits per heavy atom. The largest absolute Gasteiger partial charge is 0.478 e. The van der Waals surface area contributed by atoms with E-state index < -0.39 is 0 Å². The summed E-state index contributed by atoms with van der Waals surface area (Å²) >= 11 is 0. The van der Waals surface area contributed by atoms with Crippen LogP contribution in [-0.4, -0.2) is 35.7 Å². The number of anilines is 1. The highest BCUT2D eigenvalue weighted by atomic mass is 16.5. The van der Waals surface area contributed by atoms with Crippen molar-refractivity contribution >= 4 is 5.95 Å². The first kappa shape index (κ1) is 15.0. The third-order valence-corrected chi connectivity index (χ3v) is 4.00. The van der Waals surface area contributed by atoms with E-state index in [1.165, 1.54) is 12.8 Å². The molecule has 112 valence electrons. The predicted molar refractivity (Wildman–Crippen MR) is 81.0 cm³/mol. The van der Waals surface area contributed by atoms with Crippen LogP contribution in [0.5, 0.6) is 5.88 Å². The fourth-order valence-corrected chi connectivity index (χ4v) is 2.75. The molecule has 1 fully saturated rings. The third kappa shape index (κ3) is 3.60. The van der Waals surface area contributed by atoms with Gasteiger partial charge in [0.15, 0.2) is 0 Å². The monoisotopic (exact) mass is 278 g/mol. The van der Waals surface area contributed by atoms with Crippen molar-refractivity contribution in [3.05, 3.63) is 12.3 Å². The molecule has 0 spiro atoms. The molecule has 1 aromatic heterocycles. The summed E-state index contributed by atoms with van der Waals surface area (Å²) in [4.78, 5) is 11.2. The van der Waals surface area contributed by atoms with Gasteiger partial charge in [-0.1, -0.05) is 20.3 Å². The minimum Gasteiger partial charge on any atom is -0.478 e. The van der Waals surface area contributed by atoms with E-state index in [9.17, 15) is 0 Å². The zero-order chi connectivity index (χ0) is 14.4. The van der Waals surface area contributed by atoms with Gasteiger partial charge in [-0.15, -0.1) is 0 Å². The average Bonchev–Trinajstić information content (AvgIpc) is 2.52. The Morgan fingerprint density at radius 3 is 3.00 bits per heavy atom. The van der Waals surface area contributed by atoms with E-state index in [1.54, 1.807) is 6.20 Å². The van der Waals surface area contributed by atoms with Crippen LogP contribution in [0, 0.1) is 5.92 Å². The second-order valence-corrected chi connectivity index (χ2v) is 5.42. The molecule has 5 nitrogen and oxygen atoms in total. The Kier molecular flexibility index (Phi) is 5.59. The van der Waals surface area contributed by atoms with Gasteiger partial charge in [0.05, 0.1) is 6.61 Å². The van der Waals surface area contributed by atoms with Gasteiger partial charge in [-0.05, 0) is 25.2 Å². The SMILES string of the molecule is CCCOc1ccnc(N2CCC(CC)CC2CN)n1. The Morgan fingerprint density at radius 2 is 2.30 bits per heavy atom. The fourth-order valence-electron chi connectivity index (χ4n) is 2.75. The smallest absolute Gasteiger partial charge is 0.228 e. The third-order valence-electron chi connectivity index (χ3n) is 4.00. The maximum Gasteiger partial charge on any atom is 0.228 e. The van der Waals surface area contributed by atoms with Gasteiger partial charge in [0.2, 0.25) is 11.8 Å². The van der Waals surface area contributed by atoms with E-state index in [1.807, 2.05) is 6.07 Å². The molecular weight excluding hydrogens is 252 g/mol. The van der Waals surface area contributed by atoms with Crippen LogP contribution in [0.25, 0.3) is 0 Å². The van der Waals surface area contributed by atoms with E-state index in [0.717, 1.165) is 31.3 Å². The second-order valence-electron chi connectivity index (χ2n) is 5.42. The highest BCUT2D eigenvalue weighted by Crippen LogP contribution is 2.28. The molecular formula is C15H26N4O. The lowest BCUT2D eigenvalue weighted by Crippen LogP contribution is -2.47. The van der Waals surface area contributed by atoms with E-state index >= 15 is 0 Å². The summed E-state index contributed by atoms with van der Waals surface area (Å²) in [6.45, 7) is 6.66. The summed E-state index contributed by atoms with van der Waals surface area (Å²) in [6, 6.07) is 2.16. The Hall–Kier alpha value is -1.36. The summed E-state index contributed by atoms with van der Waals surface area (Å²) in [7, 11) is 0. The van der Waals surface area contributed by atoms with Crippen LogP contribution in [0.1, 0.15) is 39.5 Å². The predicted octanol–water partition coefficient (Wildman–Crippen LogP) is 2.22. The number of hydrogen-bond donors (Lipinski definition) is 1. The highest BCUT2D eigenvalue weighted by molar-refractivity contribution is 5.34. The maximum absolute atomic E-state index is 5.94. The normalized spacial score (nSPS) is 22.9. The second kappa shape index (κ2) is 7.43. The molecule has 0 radical (unpaired) electrons. The van der Waals surface area contributed by atoms with Crippen LogP contribution in [-0.2, 0) is 0 Å². The molecule has 5 heteroatoms. The van der Waals surface area contributed by atoms with Crippen LogP contribution >= 0.6 is 0 Å². The summed E-state index contributed by atoms with van der Waals surface area (Å²) in [5.41, 5.74) is 5.94. The molecule has 2 heterocycles. The number of ether oxygens (including phenoxy) is 1. The van der Waals surface area contributed by atoms with Crippen LogP contribution in [0.15, 0.2) is 12.3 Å². The van der Waals surface area contributed by atoms with Crippen molar-refractivity contribution in [2.24, 2.45) is 11.7 Å². The van der Waals surface area contributed by atoms with E-state index in [0.29, 0.717) is 25.1 Å². The van der Waals surface area contributed by atoms with E-state index in [2.05, 4.69) is 28.7 Å². The Bertz CT molecular complexity index is 413. The molecule has 20 heavy (non-hydrogen) atoms. The highest BCUT2D eigenvalue weighted by Gasteiger charge is 2.28. The van der Waals surface area contributed by atoms with Gasteiger partial charge in [-0.25, -0.2) is 4.98 Å². The molecule has 2 atom stereocenters. The molecule has 1 aliphatic heterocycles. The quantitative estimate of drug-likeness (QED) is 0.864. The summed E-state index contributed by atoms with van der Waals surface area (Å²) < 4.78 is 5.59. The molecule has 0 aliphatic carbocycles. The van der Waals surface area contributed by atoms with Crippen LogP contribution in [0.3, 0.4) is 0 Å². The first-order valence-corrected chi connectivity index (χ1v) is 7.71. The van der Waals surface area contributed by atoms with Gasteiger partial charge in [0, 0.05) is 31.4 Å². The molecule has 0 aromatic carbocycles. The number of piperidine rings is 1. The molecule has 2 N–H and O–H groups in total. The zero-order valence-corrected chi connectivity index (χ0v) is 12.6. The molecule has 0 amide bonds. The summed E-state index contributed by atoms with van der Waals surface area (Å²) in [5.74, 6) is 2.19. The minimum atomic E-state index is 0.343. The van der Waals surface area contributed by atoms with Gasteiger partial charge < -0.3 is 15.4 Å². The summed E-state index contributed by atoms with van der Waals surface area (Å²) in [5, 5.41) is 0. The van der Waals surface area contributed by atoms with Crippen molar-refractivity contribution in [2.75, 3.05) is 24.6 Å². The molecule has 1 aromatic rings. The van der Waals surface area contributed by atoms with Crippen molar-refractivity contribution in [1.82, 2.24) is 9.97 Å². The Balaban J connectivity index is 2.09. The van der Waals surface area contributed by atoms with Gasteiger partial charge >= 0.3 is 0 Å². The lowest BCUT2D eigenvalue weighted by atomic mass is 9.89. The van der Waals surface area contributed by atoms with Gasteiger partial charge in [0.1, 0.15) is 0 Å². The number of nitrogens with zero attached hydrogens (tertiary/aromatic N) is 3. The first-order valence-electron chi connectivity index (χ1n) is 7.71. The number of nitrogens with two attached hydrogens (primary N) is 1. The molecule has 1 aliphatic rings. The number of hydrogen-bond acceptors (Lipinski definition) is 5. The number of aromatic nitrogens is 2. The van der Waals surface area contributed by atoms with Crippen molar-refractivity contribution in [2.45, 2.75) is 45.6 Å². The average molecular weight is 278 g/mol. The van der Waals surface area contributed by atoms with Crippen molar-refractivity contribution in [3.8, 4) is 5.88 Å². The van der Waals surface area contributed by atoms with Gasteiger partial charge in [-0.2, -0.15) is 4.98 Å². The Labute approximate surface area is 121 Å². The molecule has 2 rings (SSSR count). The van der Waals surface area contributed by atoms with Crippen molar-refractivity contribution in [1.29, 1.82) is 0 Å². The first-order chi connectivity index (χ1) is 9.78. The summed E-state index contributed by atoms with van der Waals surface area (Å²) in [6.07, 6.45) is 6.30. The number of rotatable bonds is 6. The standard InChI is InChI=1S/C15H26N4O/c1-3-9-20-14-5-7-17-15(18-14)19-8-6-12(4-2)10-13(19)11-16/h5,7,12-13H,3-4,6,8-11,16H2,1-2H3. The van der Waals surface area contributed by atoms with Crippen LogP contribution in [0.4, 0.5) is 5.95 Å². The maximum atomic E-state index is 5.94. The van der Waals surface area contributed by atoms with Gasteiger partial charge in [0.25, 0.3) is 0 Å². The molecule has 0 bridgehead atoms. The minimum absolute atomic E-state index is 0.343. The van der Waals surface area contributed by atoms with Crippen LogP contribution < -0.4 is 15.4 Å². The van der Waals surface area contributed by atoms with Crippen molar-refractivity contribution in [3.63, 3.8) is 0 Å². The van der Waals surface area contributed by atoms with Gasteiger partial charge in [-0.3, -0.25) is 0 Å². The van der Waals surface area contributed by atoms with Crippen molar-refractivity contribution < 1.29 is 4.74 Å². The molecule has 0 saturated carbocycles. The fraction of sp³-hybridized carbons (Fsp3) is 0.733. The topological polar surface area (TPSA) is 64.3 Å². The molecule has 1 saturated heterocycles.